The van der Waals surface area contributed by atoms with Gasteiger partial charge in [-0.25, -0.2) is 0 Å². The zero-order valence-electron chi connectivity index (χ0n) is 8.60. The second-order valence-corrected chi connectivity index (χ2v) is 3.59. The summed E-state index contributed by atoms with van der Waals surface area (Å²) >= 11 is 0. The fraction of sp³-hybridized carbons (Fsp3) is 0.250. The first-order chi connectivity index (χ1) is 7.00. The Bertz CT molecular complexity index is 365. The van der Waals surface area contributed by atoms with Gasteiger partial charge >= 0.3 is 5.97 Å². The van der Waals surface area contributed by atoms with Gasteiger partial charge in [0.15, 0.2) is 0 Å². The van der Waals surface area contributed by atoms with Crippen molar-refractivity contribution < 1.29 is 15.0 Å². The first kappa shape index (κ1) is 11.3. The Morgan fingerprint density at radius 1 is 1.40 bits per heavy atom. The van der Waals surface area contributed by atoms with Crippen LogP contribution in [0.5, 0.6) is 5.75 Å². The average molecular weight is 206 g/mol. The summed E-state index contributed by atoms with van der Waals surface area (Å²) in [6.07, 6.45) is 0.0279. The van der Waals surface area contributed by atoms with Crippen LogP contribution in [0.15, 0.2) is 36.4 Å². The highest BCUT2D eigenvalue weighted by Crippen LogP contribution is 2.27. The summed E-state index contributed by atoms with van der Waals surface area (Å²) in [5.74, 6) is -0.867. The fourth-order valence-corrected chi connectivity index (χ4v) is 1.46. The summed E-state index contributed by atoms with van der Waals surface area (Å²) in [6, 6.07) is 6.54. The van der Waals surface area contributed by atoms with Crippen molar-refractivity contribution in [1.82, 2.24) is 0 Å². The molecular weight excluding hydrogens is 192 g/mol. The second-order valence-electron chi connectivity index (χ2n) is 3.59. The normalized spacial score (nSPS) is 12.1. The minimum absolute atomic E-state index is 0.0279. The number of aliphatic carboxylic acids is 1. The molecule has 1 rings (SSSR count). The van der Waals surface area contributed by atoms with Crippen LogP contribution < -0.4 is 0 Å². The Morgan fingerprint density at radius 3 is 2.33 bits per heavy atom. The smallest absolute Gasteiger partial charge is 0.304 e. The zero-order chi connectivity index (χ0) is 11.4. The van der Waals surface area contributed by atoms with Gasteiger partial charge in [-0.3, -0.25) is 4.79 Å². The number of carboxylic acids is 1. The molecule has 0 fully saturated rings. The number of allylic oxidation sites excluding steroid dienone is 1. The van der Waals surface area contributed by atoms with E-state index >= 15 is 0 Å². The van der Waals surface area contributed by atoms with Crippen LogP contribution in [0.4, 0.5) is 0 Å². The highest BCUT2D eigenvalue weighted by molar-refractivity contribution is 5.68. The van der Waals surface area contributed by atoms with E-state index in [1.54, 1.807) is 31.2 Å². The van der Waals surface area contributed by atoms with Crippen molar-refractivity contribution in [3.05, 3.63) is 42.0 Å². The fourth-order valence-electron chi connectivity index (χ4n) is 1.46. The first-order valence-corrected chi connectivity index (χ1v) is 4.67. The Balaban J connectivity index is 2.94. The van der Waals surface area contributed by atoms with Gasteiger partial charge in [0.2, 0.25) is 0 Å². The number of rotatable bonds is 4. The van der Waals surface area contributed by atoms with Crippen LogP contribution in [0, 0.1) is 0 Å². The highest BCUT2D eigenvalue weighted by atomic mass is 16.4. The number of hydrogen-bond acceptors (Lipinski definition) is 2. The molecule has 0 bridgehead atoms. The summed E-state index contributed by atoms with van der Waals surface area (Å²) in [4.78, 5) is 10.7. The van der Waals surface area contributed by atoms with E-state index < -0.39 is 5.97 Å². The van der Waals surface area contributed by atoms with E-state index in [9.17, 15) is 4.79 Å². The van der Waals surface area contributed by atoms with Crippen LogP contribution in [0.25, 0.3) is 0 Å². The molecule has 1 unspecified atom stereocenters. The summed E-state index contributed by atoms with van der Waals surface area (Å²) in [7, 11) is 0. The lowest BCUT2D eigenvalue weighted by atomic mass is 9.90. The summed E-state index contributed by atoms with van der Waals surface area (Å²) in [5, 5.41) is 17.9. The SMILES string of the molecule is C=C(C)C(CC(=O)O)c1ccc(O)cc1. The van der Waals surface area contributed by atoms with Crippen molar-refractivity contribution in [2.75, 3.05) is 0 Å². The molecule has 3 heteroatoms. The van der Waals surface area contributed by atoms with Gasteiger partial charge in [0, 0.05) is 5.92 Å². The lowest BCUT2D eigenvalue weighted by Gasteiger charge is -2.15. The summed E-state index contributed by atoms with van der Waals surface area (Å²) in [6.45, 7) is 5.59. The molecule has 0 amide bonds. The predicted octanol–water partition coefficient (Wildman–Crippen LogP) is 2.53. The van der Waals surface area contributed by atoms with Gasteiger partial charge in [0.25, 0.3) is 0 Å². The molecule has 15 heavy (non-hydrogen) atoms. The largest absolute Gasteiger partial charge is 0.508 e. The number of benzene rings is 1. The third-order valence-corrected chi connectivity index (χ3v) is 2.27. The van der Waals surface area contributed by atoms with Crippen LogP contribution in [0.1, 0.15) is 24.8 Å². The van der Waals surface area contributed by atoms with E-state index in [0.717, 1.165) is 11.1 Å². The lowest BCUT2D eigenvalue weighted by molar-refractivity contribution is -0.137. The van der Waals surface area contributed by atoms with Crippen molar-refractivity contribution in [2.24, 2.45) is 0 Å². The molecule has 0 spiro atoms. The number of carboxylic acid groups (broad SMARTS) is 1. The minimum atomic E-state index is -0.851. The van der Waals surface area contributed by atoms with Crippen LogP contribution in [-0.2, 0) is 4.79 Å². The minimum Gasteiger partial charge on any atom is -0.508 e. The van der Waals surface area contributed by atoms with Crippen molar-refractivity contribution in [3.8, 4) is 5.75 Å². The average Bonchev–Trinajstić information content (AvgIpc) is 2.15. The quantitative estimate of drug-likeness (QED) is 0.744. The number of aromatic hydroxyl groups is 1. The Hall–Kier alpha value is -1.77. The molecule has 0 radical (unpaired) electrons. The maximum Gasteiger partial charge on any atom is 0.304 e. The topological polar surface area (TPSA) is 57.5 Å². The maximum absolute atomic E-state index is 10.7. The molecule has 0 aliphatic rings. The molecule has 1 atom stereocenters. The molecule has 0 aliphatic heterocycles. The third-order valence-electron chi connectivity index (χ3n) is 2.27. The molecule has 2 N–H and O–H groups in total. The van der Waals surface area contributed by atoms with E-state index in [1.165, 1.54) is 0 Å². The van der Waals surface area contributed by atoms with Gasteiger partial charge in [-0.05, 0) is 24.6 Å². The standard InChI is InChI=1S/C12H14O3/c1-8(2)11(7-12(14)15)9-3-5-10(13)6-4-9/h3-6,11,13H,1,7H2,2H3,(H,14,15). The molecule has 0 aromatic heterocycles. The zero-order valence-corrected chi connectivity index (χ0v) is 8.60. The van der Waals surface area contributed by atoms with Crippen LogP contribution in [0.2, 0.25) is 0 Å². The Morgan fingerprint density at radius 2 is 1.93 bits per heavy atom. The van der Waals surface area contributed by atoms with Crippen molar-refractivity contribution in [3.63, 3.8) is 0 Å². The summed E-state index contributed by atoms with van der Waals surface area (Å²) in [5.41, 5.74) is 1.67. The third kappa shape index (κ3) is 3.13. The van der Waals surface area contributed by atoms with Crippen LogP contribution in [0.3, 0.4) is 0 Å². The van der Waals surface area contributed by atoms with E-state index in [4.69, 9.17) is 10.2 Å². The number of carbonyl (C=O) groups is 1. The Labute approximate surface area is 88.7 Å². The molecule has 3 nitrogen and oxygen atoms in total. The predicted molar refractivity (Wildman–Crippen MR) is 57.9 cm³/mol. The maximum atomic E-state index is 10.7. The van der Waals surface area contributed by atoms with Crippen molar-refractivity contribution in [2.45, 2.75) is 19.3 Å². The van der Waals surface area contributed by atoms with Gasteiger partial charge in [0.05, 0.1) is 6.42 Å². The molecule has 1 aromatic carbocycles. The lowest BCUT2D eigenvalue weighted by Crippen LogP contribution is -2.06. The molecule has 0 saturated heterocycles. The van der Waals surface area contributed by atoms with Crippen molar-refractivity contribution in [1.29, 1.82) is 0 Å². The first-order valence-electron chi connectivity index (χ1n) is 4.67. The Kier molecular flexibility index (Phi) is 3.50. The highest BCUT2D eigenvalue weighted by Gasteiger charge is 2.15. The summed E-state index contributed by atoms with van der Waals surface area (Å²) < 4.78 is 0. The van der Waals surface area contributed by atoms with Gasteiger partial charge in [-0.2, -0.15) is 0 Å². The number of phenols is 1. The number of hydrogen-bond donors (Lipinski definition) is 2. The molecule has 1 aromatic rings. The molecular formula is C12H14O3. The van der Waals surface area contributed by atoms with Crippen molar-refractivity contribution >= 4 is 5.97 Å². The van der Waals surface area contributed by atoms with Gasteiger partial charge in [-0.1, -0.05) is 24.3 Å². The second kappa shape index (κ2) is 4.64. The van der Waals surface area contributed by atoms with Gasteiger partial charge in [0.1, 0.15) is 5.75 Å². The molecule has 0 saturated carbocycles. The monoisotopic (exact) mass is 206 g/mol. The molecule has 80 valence electrons. The van der Waals surface area contributed by atoms with E-state index in [0.29, 0.717) is 0 Å². The molecule has 0 aliphatic carbocycles. The van der Waals surface area contributed by atoms with Gasteiger partial charge < -0.3 is 10.2 Å². The molecule has 0 heterocycles. The number of phenolic OH excluding ortho intramolecular Hbond substituents is 1. The van der Waals surface area contributed by atoms with E-state index in [-0.39, 0.29) is 18.1 Å². The van der Waals surface area contributed by atoms with Gasteiger partial charge in [-0.15, -0.1) is 0 Å². The van der Waals surface area contributed by atoms with E-state index in [1.807, 2.05) is 0 Å². The van der Waals surface area contributed by atoms with E-state index in [2.05, 4.69) is 6.58 Å². The van der Waals surface area contributed by atoms with Crippen LogP contribution >= 0.6 is 0 Å². The van der Waals surface area contributed by atoms with Crippen LogP contribution in [-0.4, -0.2) is 16.2 Å².